The predicted octanol–water partition coefficient (Wildman–Crippen LogP) is 3.38. The summed E-state index contributed by atoms with van der Waals surface area (Å²) in [6.45, 7) is 7.49. The highest BCUT2D eigenvalue weighted by Gasteiger charge is 2.19. The maximum atomic E-state index is 5.66. The third kappa shape index (κ3) is 6.40. The molecule has 1 N–H and O–H groups in total. The van der Waals surface area contributed by atoms with Crippen molar-refractivity contribution in [3.05, 3.63) is 29.8 Å². The zero-order valence-corrected chi connectivity index (χ0v) is 12.7. The summed E-state index contributed by atoms with van der Waals surface area (Å²) < 4.78 is 11.2. The van der Waals surface area contributed by atoms with Gasteiger partial charge < -0.3 is 14.8 Å². The molecule has 0 saturated heterocycles. The number of rotatable bonds is 10. The highest BCUT2D eigenvalue weighted by atomic mass is 16.5. The van der Waals surface area contributed by atoms with Crippen molar-refractivity contribution in [2.75, 3.05) is 19.8 Å². The van der Waals surface area contributed by atoms with Gasteiger partial charge in [0.1, 0.15) is 12.4 Å². The summed E-state index contributed by atoms with van der Waals surface area (Å²) >= 11 is 0. The molecule has 2 rings (SSSR count). The van der Waals surface area contributed by atoms with E-state index in [4.69, 9.17) is 9.47 Å². The lowest BCUT2D eigenvalue weighted by atomic mass is 10.1. The van der Waals surface area contributed by atoms with Crippen LogP contribution in [0.25, 0.3) is 0 Å². The van der Waals surface area contributed by atoms with Crippen molar-refractivity contribution in [2.24, 2.45) is 5.92 Å². The Hall–Kier alpha value is -1.06. The molecule has 1 aromatic rings. The molecule has 0 radical (unpaired) electrons. The quantitative estimate of drug-likeness (QED) is 0.665. The van der Waals surface area contributed by atoms with E-state index >= 15 is 0 Å². The number of ether oxygens (including phenoxy) is 2. The van der Waals surface area contributed by atoms with Crippen LogP contribution >= 0.6 is 0 Å². The lowest BCUT2D eigenvalue weighted by Crippen LogP contribution is -2.15. The molecule has 112 valence electrons. The SMILES string of the molecule is CC(C)CCOCCOc1ccc(CNC2CC2)cc1. The summed E-state index contributed by atoms with van der Waals surface area (Å²) in [6, 6.07) is 9.10. The Bertz CT molecular complexity index is 371. The molecule has 0 amide bonds. The number of hydrogen-bond acceptors (Lipinski definition) is 3. The third-order valence-corrected chi connectivity index (χ3v) is 3.43. The molecule has 1 aliphatic rings. The Labute approximate surface area is 122 Å². The van der Waals surface area contributed by atoms with Crippen molar-refractivity contribution >= 4 is 0 Å². The molecule has 0 aromatic heterocycles. The van der Waals surface area contributed by atoms with Crippen LogP contribution in [0.15, 0.2) is 24.3 Å². The van der Waals surface area contributed by atoms with E-state index in [0.29, 0.717) is 19.1 Å². The van der Waals surface area contributed by atoms with Gasteiger partial charge in [-0.2, -0.15) is 0 Å². The zero-order valence-electron chi connectivity index (χ0n) is 12.7. The molecule has 1 aliphatic carbocycles. The normalized spacial score (nSPS) is 14.8. The van der Waals surface area contributed by atoms with Crippen LogP contribution in [0, 0.1) is 5.92 Å². The molecule has 0 bridgehead atoms. The summed E-state index contributed by atoms with van der Waals surface area (Å²) in [5.41, 5.74) is 1.32. The van der Waals surface area contributed by atoms with Crippen LogP contribution in [0.5, 0.6) is 5.75 Å². The van der Waals surface area contributed by atoms with Gasteiger partial charge in [-0.1, -0.05) is 26.0 Å². The maximum absolute atomic E-state index is 5.66. The first-order valence-corrected chi connectivity index (χ1v) is 7.77. The average Bonchev–Trinajstić information content (AvgIpc) is 3.25. The van der Waals surface area contributed by atoms with E-state index in [0.717, 1.165) is 31.4 Å². The number of hydrogen-bond donors (Lipinski definition) is 1. The maximum Gasteiger partial charge on any atom is 0.119 e. The van der Waals surface area contributed by atoms with Gasteiger partial charge in [0.25, 0.3) is 0 Å². The monoisotopic (exact) mass is 277 g/mol. The molecule has 1 aromatic carbocycles. The van der Waals surface area contributed by atoms with Gasteiger partial charge in [-0.25, -0.2) is 0 Å². The van der Waals surface area contributed by atoms with Crippen molar-refractivity contribution in [3.8, 4) is 5.75 Å². The molecule has 3 heteroatoms. The van der Waals surface area contributed by atoms with Gasteiger partial charge >= 0.3 is 0 Å². The predicted molar refractivity (Wildman–Crippen MR) is 82.1 cm³/mol. The van der Waals surface area contributed by atoms with E-state index in [9.17, 15) is 0 Å². The second kappa shape index (κ2) is 8.28. The van der Waals surface area contributed by atoms with Crippen molar-refractivity contribution < 1.29 is 9.47 Å². The van der Waals surface area contributed by atoms with E-state index in [-0.39, 0.29) is 0 Å². The van der Waals surface area contributed by atoms with Gasteiger partial charge in [-0.3, -0.25) is 0 Å². The Morgan fingerprint density at radius 3 is 2.50 bits per heavy atom. The van der Waals surface area contributed by atoms with E-state index in [1.165, 1.54) is 18.4 Å². The van der Waals surface area contributed by atoms with Crippen molar-refractivity contribution in [1.82, 2.24) is 5.32 Å². The van der Waals surface area contributed by atoms with Gasteiger partial charge in [0.15, 0.2) is 0 Å². The van der Waals surface area contributed by atoms with E-state index in [1.54, 1.807) is 0 Å². The number of nitrogens with one attached hydrogen (secondary N) is 1. The Kier molecular flexibility index (Phi) is 6.34. The minimum absolute atomic E-state index is 0.623. The molecular weight excluding hydrogens is 250 g/mol. The first-order valence-electron chi connectivity index (χ1n) is 7.77. The van der Waals surface area contributed by atoms with Crippen LogP contribution in [0.1, 0.15) is 38.7 Å². The fraction of sp³-hybridized carbons (Fsp3) is 0.647. The highest BCUT2D eigenvalue weighted by molar-refractivity contribution is 5.27. The van der Waals surface area contributed by atoms with Crippen LogP contribution in [0.2, 0.25) is 0 Å². The van der Waals surface area contributed by atoms with Crippen LogP contribution in [-0.4, -0.2) is 25.9 Å². The smallest absolute Gasteiger partial charge is 0.119 e. The largest absolute Gasteiger partial charge is 0.491 e. The molecule has 1 saturated carbocycles. The van der Waals surface area contributed by atoms with Crippen molar-refractivity contribution in [2.45, 2.75) is 45.7 Å². The Morgan fingerprint density at radius 2 is 1.85 bits per heavy atom. The molecule has 0 spiro atoms. The van der Waals surface area contributed by atoms with Crippen LogP contribution in [0.3, 0.4) is 0 Å². The summed E-state index contributed by atoms with van der Waals surface area (Å²) in [5, 5.41) is 3.51. The molecule has 0 atom stereocenters. The minimum Gasteiger partial charge on any atom is -0.491 e. The summed E-state index contributed by atoms with van der Waals surface area (Å²) in [5.74, 6) is 1.63. The van der Waals surface area contributed by atoms with E-state index in [2.05, 4.69) is 31.3 Å². The summed E-state index contributed by atoms with van der Waals surface area (Å²) in [6.07, 6.45) is 3.78. The van der Waals surface area contributed by atoms with Gasteiger partial charge in [0, 0.05) is 19.2 Å². The topological polar surface area (TPSA) is 30.5 Å². The molecule has 0 unspecified atom stereocenters. The van der Waals surface area contributed by atoms with Crippen molar-refractivity contribution in [1.29, 1.82) is 0 Å². The fourth-order valence-electron chi connectivity index (χ4n) is 1.89. The molecule has 0 aliphatic heterocycles. The van der Waals surface area contributed by atoms with E-state index in [1.807, 2.05) is 12.1 Å². The van der Waals surface area contributed by atoms with Gasteiger partial charge in [-0.15, -0.1) is 0 Å². The molecule has 3 nitrogen and oxygen atoms in total. The van der Waals surface area contributed by atoms with Gasteiger partial charge in [-0.05, 0) is 42.9 Å². The highest BCUT2D eigenvalue weighted by Crippen LogP contribution is 2.19. The summed E-state index contributed by atoms with van der Waals surface area (Å²) in [4.78, 5) is 0. The molecule has 0 heterocycles. The standard InChI is InChI=1S/C17H27NO2/c1-14(2)9-10-19-11-12-20-17-7-3-15(4-8-17)13-18-16-5-6-16/h3-4,7-8,14,16,18H,5-6,9-13H2,1-2H3. The third-order valence-electron chi connectivity index (χ3n) is 3.43. The van der Waals surface area contributed by atoms with Gasteiger partial charge in [0.2, 0.25) is 0 Å². The van der Waals surface area contributed by atoms with Crippen LogP contribution in [0.4, 0.5) is 0 Å². The van der Waals surface area contributed by atoms with Crippen molar-refractivity contribution in [3.63, 3.8) is 0 Å². The van der Waals surface area contributed by atoms with E-state index < -0.39 is 0 Å². The second-order valence-corrected chi connectivity index (χ2v) is 5.94. The zero-order chi connectivity index (χ0) is 14.2. The summed E-state index contributed by atoms with van der Waals surface area (Å²) in [7, 11) is 0. The average molecular weight is 277 g/mol. The first-order chi connectivity index (χ1) is 9.74. The first kappa shape index (κ1) is 15.3. The minimum atomic E-state index is 0.623. The van der Waals surface area contributed by atoms with Crippen LogP contribution < -0.4 is 10.1 Å². The Morgan fingerprint density at radius 1 is 1.10 bits per heavy atom. The molecule has 20 heavy (non-hydrogen) atoms. The lowest BCUT2D eigenvalue weighted by Gasteiger charge is -2.09. The van der Waals surface area contributed by atoms with Crippen LogP contribution in [-0.2, 0) is 11.3 Å². The second-order valence-electron chi connectivity index (χ2n) is 5.94. The lowest BCUT2D eigenvalue weighted by molar-refractivity contribution is 0.0926. The fourth-order valence-corrected chi connectivity index (χ4v) is 1.89. The van der Waals surface area contributed by atoms with Gasteiger partial charge in [0.05, 0.1) is 6.61 Å². The molecule has 1 fully saturated rings. The number of benzene rings is 1. The Balaban J connectivity index is 1.55. The molecular formula is C17H27NO2.